The first-order valence-electron chi connectivity index (χ1n) is 5.75. The molecule has 0 aliphatic carbocycles. The van der Waals surface area contributed by atoms with Crippen molar-refractivity contribution >= 4 is 12.6 Å². The molecule has 90 valence electrons. The lowest BCUT2D eigenvalue weighted by molar-refractivity contribution is -0.133. The van der Waals surface area contributed by atoms with Gasteiger partial charge in [0.15, 0.2) is 0 Å². The van der Waals surface area contributed by atoms with Crippen molar-refractivity contribution in [3.63, 3.8) is 0 Å². The summed E-state index contributed by atoms with van der Waals surface area (Å²) in [5.74, 6) is 0.930. The molecule has 1 fully saturated rings. The summed E-state index contributed by atoms with van der Waals surface area (Å²) in [4.78, 5) is 2.50. The molecule has 0 N–H and O–H groups in total. The van der Waals surface area contributed by atoms with Crippen molar-refractivity contribution in [1.82, 2.24) is 4.90 Å². The molecule has 1 aliphatic rings. The van der Waals surface area contributed by atoms with E-state index in [0.717, 1.165) is 25.4 Å². The highest BCUT2D eigenvalue weighted by Gasteiger charge is 2.33. The van der Waals surface area contributed by atoms with Crippen molar-refractivity contribution < 1.29 is 4.74 Å². The summed E-state index contributed by atoms with van der Waals surface area (Å²) in [5.41, 5.74) is 0.278. The van der Waals surface area contributed by atoms with Gasteiger partial charge in [-0.2, -0.15) is 12.6 Å². The molecule has 0 aromatic rings. The molecule has 1 saturated heterocycles. The van der Waals surface area contributed by atoms with Crippen LogP contribution in [0.1, 0.15) is 34.6 Å². The van der Waals surface area contributed by atoms with Gasteiger partial charge in [0.2, 0.25) is 0 Å². The van der Waals surface area contributed by atoms with Gasteiger partial charge >= 0.3 is 0 Å². The van der Waals surface area contributed by atoms with Crippen LogP contribution in [0.4, 0.5) is 0 Å². The summed E-state index contributed by atoms with van der Waals surface area (Å²) < 4.78 is 5.89. The van der Waals surface area contributed by atoms with Crippen molar-refractivity contribution in [3.8, 4) is 0 Å². The fourth-order valence-corrected chi connectivity index (χ4v) is 2.46. The lowest BCUT2D eigenvalue weighted by atomic mass is 9.94. The predicted molar refractivity (Wildman–Crippen MR) is 68.7 cm³/mol. The molecule has 0 amide bonds. The highest BCUT2D eigenvalue weighted by Crippen LogP contribution is 2.25. The third-order valence-electron chi connectivity index (χ3n) is 2.72. The molecular formula is C12H25NOS. The Labute approximate surface area is 99.8 Å². The van der Waals surface area contributed by atoms with Gasteiger partial charge in [-0.25, -0.2) is 0 Å². The average Bonchev–Trinajstić information content (AvgIpc) is 1.99. The second-order valence-corrected chi connectivity index (χ2v) is 6.50. The van der Waals surface area contributed by atoms with E-state index in [1.54, 1.807) is 0 Å². The number of rotatable bonds is 3. The van der Waals surface area contributed by atoms with Crippen LogP contribution < -0.4 is 0 Å². The highest BCUT2D eigenvalue weighted by molar-refractivity contribution is 7.80. The van der Waals surface area contributed by atoms with Crippen LogP contribution in [0, 0.1) is 5.41 Å². The Morgan fingerprint density at radius 3 is 2.53 bits per heavy atom. The van der Waals surface area contributed by atoms with Gasteiger partial charge < -0.3 is 4.74 Å². The molecule has 0 aromatic carbocycles. The van der Waals surface area contributed by atoms with Gasteiger partial charge in [0.1, 0.15) is 0 Å². The monoisotopic (exact) mass is 231 g/mol. The zero-order chi connectivity index (χ0) is 11.7. The number of hydrogen-bond acceptors (Lipinski definition) is 3. The minimum atomic E-state index is -0.00958. The summed E-state index contributed by atoms with van der Waals surface area (Å²) >= 11 is 4.41. The molecule has 15 heavy (non-hydrogen) atoms. The lowest BCUT2D eigenvalue weighted by Crippen LogP contribution is -2.54. The van der Waals surface area contributed by atoms with Crippen LogP contribution in [0.25, 0.3) is 0 Å². The standard InChI is InChI=1S/C12H25NOS/c1-10-6-13(7-11(2,3)9-15)8-12(4,5)14-10/h10,15H,6-9H2,1-5H3. The van der Waals surface area contributed by atoms with E-state index >= 15 is 0 Å². The Morgan fingerprint density at radius 2 is 2.07 bits per heavy atom. The first-order chi connectivity index (χ1) is 6.74. The fourth-order valence-electron chi connectivity index (χ4n) is 2.36. The molecule has 1 heterocycles. The maximum atomic E-state index is 5.89. The maximum absolute atomic E-state index is 5.89. The van der Waals surface area contributed by atoms with Gasteiger partial charge in [-0.05, 0) is 31.9 Å². The molecule has 1 atom stereocenters. The fraction of sp³-hybridized carbons (Fsp3) is 1.00. The van der Waals surface area contributed by atoms with Crippen LogP contribution >= 0.6 is 12.6 Å². The quantitative estimate of drug-likeness (QED) is 0.749. The van der Waals surface area contributed by atoms with Crippen LogP contribution in [-0.2, 0) is 4.74 Å². The number of thiol groups is 1. The lowest BCUT2D eigenvalue weighted by Gasteiger charge is -2.44. The Kier molecular flexibility index (Phi) is 4.13. The largest absolute Gasteiger partial charge is 0.370 e. The van der Waals surface area contributed by atoms with E-state index in [1.807, 2.05) is 0 Å². The molecule has 1 rings (SSSR count). The van der Waals surface area contributed by atoms with E-state index in [0.29, 0.717) is 6.10 Å². The molecule has 1 unspecified atom stereocenters. The van der Waals surface area contributed by atoms with E-state index in [4.69, 9.17) is 4.74 Å². The smallest absolute Gasteiger partial charge is 0.0757 e. The van der Waals surface area contributed by atoms with Crippen molar-refractivity contribution in [1.29, 1.82) is 0 Å². The first-order valence-corrected chi connectivity index (χ1v) is 6.38. The third kappa shape index (κ3) is 4.33. The Bertz CT molecular complexity index is 216. The van der Waals surface area contributed by atoms with Gasteiger partial charge in [0.05, 0.1) is 11.7 Å². The summed E-state index contributed by atoms with van der Waals surface area (Å²) in [7, 11) is 0. The van der Waals surface area contributed by atoms with E-state index in [-0.39, 0.29) is 11.0 Å². The Morgan fingerprint density at radius 1 is 1.47 bits per heavy atom. The summed E-state index contributed by atoms with van der Waals surface area (Å²) in [6.07, 6.45) is 0.337. The molecule has 0 spiro atoms. The van der Waals surface area contributed by atoms with Gasteiger partial charge in [0.25, 0.3) is 0 Å². The van der Waals surface area contributed by atoms with Crippen LogP contribution in [0.5, 0.6) is 0 Å². The van der Waals surface area contributed by atoms with Crippen molar-refractivity contribution in [2.45, 2.75) is 46.3 Å². The van der Waals surface area contributed by atoms with Crippen molar-refractivity contribution in [2.24, 2.45) is 5.41 Å². The van der Waals surface area contributed by atoms with Crippen molar-refractivity contribution in [3.05, 3.63) is 0 Å². The maximum Gasteiger partial charge on any atom is 0.0757 e. The SMILES string of the molecule is CC1CN(CC(C)(C)CS)CC(C)(C)O1. The van der Waals surface area contributed by atoms with E-state index in [9.17, 15) is 0 Å². The van der Waals surface area contributed by atoms with Crippen LogP contribution in [-0.4, -0.2) is 42.0 Å². The zero-order valence-corrected chi connectivity index (χ0v) is 11.6. The molecular weight excluding hydrogens is 206 g/mol. The topological polar surface area (TPSA) is 12.5 Å². The number of morpholine rings is 1. The number of hydrogen-bond donors (Lipinski definition) is 1. The molecule has 3 heteroatoms. The van der Waals surface area contributed by atoms with Crippen LogP contribution in [0.3, 0.4) is 0 Å². The zero-order valence-electron chi connectivity index (χ0n) is 10.7. The Balaban J connectivity index is 2.56. The third-order valence-corrected chi connectivity index (χ3v) is 3.58. The molecule has 1 aliphatic heterocycles. The summed E-state index contributed by atoms with van der Waals surface area (Å²) in [5, 5.41) is 0. The average molecular weight is 231 g/mol. The molecule has 0 aromatic heterocycles. The molecule has 0 bridgehead atoms. The minimum absolute atomic E-state index is 0.00958. The summed E-state index contributed by atoms with van der Waals surface area (Å²) in [6, 6.07) is 0. The second-order valence-electron chi connectivity index (χ2n) is 6.18. The molecule has 2 nitrogen and oxygen atoms in total. The summed E-state index contributed by atoms with van der Waals surface area (Å²) in [6.45, 7) is 14.2. The number of ether oxygens (including phenoxy) is 1. The predicted octanol–water partition coefficient (Wildman–Crippen LogP) is 2.44. The first kappa shape index (κ1) is 13.3. The van der Waals surface area contributed by atoms with Crippen LogP contribution in [0.2, 0.25) is 0 Å². The molecule has 0 saturated carbocycles. The Hall–Kier alpha value is 0.270. The molecule has 0 radical (unpaired) electrons. The normalized spacial score (nSPS) is 28.0. The number of nitrogens with zero attached hydrogens (tertiary/aromatic N) is 1. The van der Waals surface area contributed by atoms with Gasteiger partial charge in [-0.1, -0.05) is 13.8 Å². The minimum Gasteiger partial charge on any atom is -0.370 e. The van der Waals surface area contributed by atoms with E-state index in [2.05, 4.69) is 52.1 Å². The van der Waals surface area contributed by atoms with Crippen LogP contribution in [0.15, 0.2) is 0 Å². The van der Waals surface area contributed by atoms with Crippen molar-refractivity contribution in [2.75, 3.05) is 25.4 Å². The van der Waals surface area contributed by atoms with E-state index in [1.165, 1.54) is 0 Å². The second kappa shape index (κ2) is 4.64. The van der Waals surface area contributed by atoms with Gasteiger partial charge in [0, 0.05) is 19.6 Å². The van der Waals surface area contributed by atoms with Gasteiger partial charge in [-0.15, -0.1) is 0 Å². The highest BCUT2D eigenvalue weighted by atomic mass is 32.1. The van der Waals surface area contributed by atoms with E-state index < -0.39 is 0 Å². The van der Waals surface area contributed by atoms with Gasteiger partial charge in [-0.3, -0.25) is 4.90 Å².